The van der Waals surface area contributed by atoms with Gasteiger partial charge in [0.1, 0.15) is 11.3 Å². The molecule has 5 nitrogen and oxygen atoms in total. The lowest BCUT2D eigenvalue weighted by Gasteiger charge is -2.10. The monoisotopic (exact) mass is 353 g/mol. The average Bonchev–Trinajstić information content (AvgIpc) is 2.50. The number of carbonyl (C=O) groups is 2. The molecular weight excluding hydrogens is 341 g/mol. The topological polar surface area (TPSA) is 75.6 Å². The number of benzene rings is 2. The molecule has 0 aromatic heterocycles. The minimum absolute atomic E-state index is 0.104. The summed E-state index contributed by atoms with van der Waals surface area (Å²) in [5.41, 5.74) is 1.25. The van der Waals surface area contributed by atoms with Crippen LogP contribution in [-0.2, 0) is 9.53 Å². The number of rotatable bonds is 4. The molecule has 0 spiro atoms. The van der Waals surface area contributed by atoms with E-state index in [1.54, 1.807) is 25.1 Å². The number of hydrogen-bond donors (Lipinski definition) is 2. The largest absolute Gasteiger partial charge is 0.507 e. The molecule has 7 heteroatoms. The van der Waals surface area contributed by atoms with E-state index < -0.39 is 18.5 Å². The number of phenolic OH excluding ortho intramolecular Hbond substituents is 1. The number of halogens is 2. The maximum absolute atomic E-state index is 11.8. The van der Waals surface area contributed by atoms with Gasteiger partial charge in [-0.05, 0) is 48.9 Å². The second kappa shape index (κ2) is 7.35. The fourth-order valence-electron chi connectivity index (χ4n) is 1.83. The van der Waals surface area contributed by atoms with E-state index in [1.165, 1.54) is 18.2 Å². The fourth-order valence-corrected chi connectivity index (χ4v) is 2.23. The summed E-state index contributed by atoms with van der Waals surface area (Å²) in [4.78, 5) is 23.7. The Labute approximate surface area is 142 Å². The van der Waals surface area contributed by atoms with E-state index in [9.17, 15) is 14.7 Å². The molecule has 1 amide bonds. The molecular formula is C16H13Cl2NO4. The Morgan fingerprint density at radius 2 is 1.78 bits per heavy atom. The number of esters is 1. The molecule has 0 aliphatic carbocycles. The highest BCUT2D eigenvalue weighted by molar-refractivity contribution is 6.31. The second-order valence-corrected chi connectivity index (χ2v) is 5.62. The summed E-state index contributed by atoms with van der Waals surface area (Å²) in [6, 6.07) is 8.97. The molecule has 0 aliphatic heterocycles. The zero-order valence-corrected chi connectivity index (χ0v) is 13.6. The Kier molecular flexibility index (Phi) is 5.47. The van der Waals surface area contributed by atoms with Crippen molar-refractivity contribution in [2.75, 3.05) is 11.9 Å². The summed E-state index contributed by atoms with van der Waals surface area (Å²) in [5, 5.41) is 13.0. The summed E-state index contributed by atoms with van der Waals surface area (Å²) in [5.74, 6) is -1.62. The Hall–Kier alpha value is -2.24. The van der Waals surface area contributed by atoms with Gasteiger partial charge >= 0.3 is 5.97 Å². The lowest BCUT2D eigenvalue weighted by Crippen LogP contribution is -2.21. The van der Waals surface area contributed by atoms with E-state index in [-0.39, 0.29) is 16.3 Å². The molecule has 0 fully saturated rings. The molecule has 23 heavy (non-hydrogen) atoms. The molecule has 120 valence electrons. The Morgan fingerprint density at radius 3 is 2.48 bits per heavy atom. The van der Waals surface area contributed by atoms with Crippen LogP contribution in [0, 0.1) is 6.92 Å². The second-order valence-electron chi connectivity index (χ2n) is 4.75. The van der Waals surface area contributed by atoms with Crippen molar-refractivity contribution in [2.24, 2.45) is 0 Å². The molecule has 2 aromatic carbocycles. The van der Waals surface area contributed by atoms with Gasteiger partial charge in [0.2, 0.25) is 0 Å². The zero-order chi connectivity index (χ0) is 17.0. The molecule has 0 saturated carbocycles. The lowest BCUT2D eigenvalue weighted by atomic mass is 10.2. The standard InChI is InChI=1S/C16H13Cl2NO4/c1-9-6-10(17)2-4-13(9)19-15(21)8-23-16(22)12-7-11(18)3-5-14(12)20/h2-7,20H,8H2,1H3,(H,19,21). The predicted molar refractivity (Wildman–Crippen MR) is 88.2 cm³/mol. The van der Waals surface area contributed by atoms with E-state index >= 15 is 0 Å². The minimum atomic E-state index is -0.840. The fraction of sp³-hybridized carbons (Fsp3) is 0.125. The number of ether oxygens (including phenoxy) is 1. The van der Waals surface area contributed by atoms with Gasteiger partial charge in [0, 0.05) is 15.7 Å². The highest BCUT2D eigenvalue weighted by atomic mass is 35.5. The molecule has 0 unspecified atom stereocenters. The van der Waals surface area contributed by atoms with Crippen LogP contribution in [0.1, 0.15) is 15.9 Å². The first-order valence-electron chi connectivity index (χ1n) is 6.58. The van der Waals surface area contributed by atoms with Crippen LogP contribution >= 0.6 is 23.2 Å². The van der Waals surface area contributed by atoms with Crippen molar-refractivity contribution >= 4 is 40.8 Å². The van der Waals surface area contributed by atoms with Gasteiger partial charge in [0.15, 0.2) is 6.61 Å². The number of nitrogens with one attached hydrogen (secondary N) is 1. The third-order valence-corrected chi connectivity index (χ3v) is 3.45. The van der Waals surface area contributed by atoms with Crippen LogP contribution in [0.2, 0.25) is 10.0 Å². The molecule has 2 N–H and O–H groups in total. The highest BCUT2D eigenvalue weighted by Crippen LogP contribution is 2.22. The molecule has 2 aromatic rings. The first kappa shape index (κ1) is 17.1. The van der Waals surface area contributed by atoms with Gasteiger partial charge in [0.25, 0.3) is 5.91 Å². The van der Waals surface area contributed by atoms with Crippen molar-refractivity contribution in [3.8, 4) is 5.75 Å². The van der Waals surface area contributed by atoms with Gasteiger partial charge in [-0.15, -0.1) is 0 Å². The van der Waals surface area contributed by atoms with Crippen LogP contribution < -0.4 is 5.32 Å². The number of aromatic hydroxyl groups is 1. The minimum Gasteiger partial charge on any atom is -0.507 e. The van der Waals surface area contributed by atoms with Gasteiger partial charge < -0.3 is 15.2 Å². The van der Waals surface area contributed by atoms with Gasteiger partial charge in [-0.2, -0.15) is 0 Å². The molecule has 0 heterocycles. The summed E-state index contributed by atoms with van der Waals surface area (Å²) < 4.78 is 4.87. The lowest BCUT2D eigenvalue weighted by molar-refractivity contribution is -0.119. The first-order chi connectivity index (χ1) is 10.9. The number of phenols is 1. The third-order valence-electron chi connectivity index (χ3n) is 2.98. The number of hydrogen-bond acceptors (Lipinski definition) is 4. The maximum atomic E-state index is 11.8. The quantitative estimate of drug-likeness (QED) is 0.819. The number of anilines is 1. The van der Waals surface area contributed by atoms with E-state index in [0.717, 1.165) is 5.56 Å². The van der Waals surface area contributed by atoms with Gasteiger partial charge in [-0.1, -0.05) is 23.2 Å². The Balaban J connectivity index is 1.96. The van der Waals surface area contributed by atoms with Crippen LogP contribution in [0.5, 0.6) is 5.75 Å². The SMILES string of the molecule is Cc1cc(Cl)ccc1NC(=O)COC(=O)c1cc(Cl)ccc1O. The first-order valence-corrected chi connectivity index (χ1v) is 7.34. The van der Waals surface area contributed by atoms with E-state index in [1.807, 2.05) is 0 Å². The van der Waals surface area contributed by atoms with E-state index in [0.29, 0.717) is 10.7 Å². The summed E-state index contributed by atoms with van der Waals surface area (Å²) in [7, 11) is 0. The maximum Gasteiger partial charge on any atom is 0.342 e. The Bertz CT molecular complexity index is 762. The summed E-state index contributed by atoms with van der Waals surface area (Å²) in [6.45, 7) is 1.30. The van der Waals surface area contributed by atoms with Crippen LogP contribution in [0.4, 0.5) is 5.69 Å². The smallest absolute Gasteiger partial charge is 0.342 e. The van der Waals surface area contributed by atoms with Crippen molar-refractivity contribution in [3.05, 3.63) is 57.6 Å². The van der Waals surface area contributed by atoms with Crippen molar-refractivity contribution < 1.29 is 19.4 Å². The van der Waals surface area contributed by atoms with Crippen molar-refractivity contribution in [1.82, 2.24) is 0 Å². The Morgan fingerprint density at radius 1 is 1.13 bits per heavy atom. The molecule has 0 bridgehead atoms. The number of amides is 1. The zero-order valence-electron chi connectivity index (χ0n) is 12.1. The van der Waals surface area contributed by atoms with Gasteiger partial charge in [-0.25, -0.2) is 4.79 Å². The normalized spacial score (nSPS) is 10.2. The van der Waals surface area contributed by atoms with Crippen LogP contribution in [0.15, 0.2) is 36.4 Å². The van der Waals surface area contributed by atoms with Gasteiger partial charge in [0.05, 0.1) is 0 Å². The number of carbonyl (C=O) groups excluding carboxylic acids is 2. The van der Waals surface area contributed by atoms with Crippen LogP contribution in [-0.4, -0.2) is 23.6 Å². The summed E-state index contributed by atoms with van der Waals surface area (Å²) in [6.07, 6.45) is 0. The molecule has 0 saturated heterocycles. The third kappa shape index (κ3) is 4.61. The number of aryl methyl sites for hydroxylation is 1. The molecule has 0 radical (unpaired) electrons. The van der Waals surface area contributed by atoms with Crippen LogP contribution in [0.3, 0.4) is 0 Å². The van der Waals surface area contributed by atoms with Crippen molar-refractivity contribution in [1.29, 1.82) is 0 Å². The van der Waals surface area contributed by atoms with Crippen molar-refractivity contribution in [2.45, 2.75) is 6.92 Å². The molecule has 2 rings (SSSR count). The predicted octanol–water partition coefficient (Wildman–Crippen LogP) is 3.80. The molecule has 0 atom stereocenters. The highest BCUT2D eigenvalue weighted by Gasteiger charge is 2.15. The van der Waals surface area contributed by atoms with E-state index in [4.69, 9.17) is 27.9 Å². The van der Waals surface area contributed by atoms with Gasteiger partial charge in [-0.3, -0.25) is 4.79 Å². The summed E-state index contributed by atoms with van der Waals surface area (Å²) >= 11 is 11.6. The molecule has 0 aliphatic rings. The van der Waals surface area contributed by atoms with Crippen LogP contribution in [0.25, 0.3) is 0 Å². The van der Waals surface area contributed by atoms with Crippen molar-refractivity contribution in [3.63, 3.8) is 0 Å². The van der Waals surface area contributed by atoms with E-state index in [2.05, 4.69) is 5.32 Å². The average molecular weight is 354 g/mol.